The number of carbonyl (C=O) groups is 1. The molecule has 1 N–H and O–H groups in total. The van der Waals surface area contributed by atoms with E-state index in [1.54, 1.807) is 21.8 Å². The van der Waals surface area contributed by atoms with E-state index < -0.39 is 10.0 Å². The molecule has 0 bridgehead atoms. The second-order valence-electron chi connectivity index (χ2n) is 7.17. The number of benzene rings is 1. The summed E-state index contributed by atoms with van der Waals surface area (Å²) in [5.74, 6) is 0.120. The Morgan fingerprint density at radius 3 is 2.48 bits per heavy atom. The summed E-state index contributed by atoms with van der Waals surface area (Å²) in [4.78, 5) is 12.5. The maximum atomic E-state index is 12.6. The standard InChI is InChI=1S/C20H26N2O3S2/c1-15-5-7-17(8-6-15)14-21-20(23)16(2)18-9-11-22(12-10-18)27(24,25)19-4-3-13-26-19/h3-8,13,16,18H,9-12,14H2,1-2H3,(H,21,23)/t16-/m1/s1. The van der Waals surface area contributed by atoms with Gasteiger partial charge in [0.15, 0.2) is 0 Å². The van der Waals surface area contributed by atoms with E-state index in [0.717, 1.165) is 5.56 Å². The van der Waals surface area contributed by atoms with E-state index in [1.807, 2.05) is 38.1 Å². The quantitative estimate of drug-likeness (QED) is 0.799. The smallest absolute Gasteiger partial charge is 0.252 e. The lowest BCUT2D eigenvalue weighted by Gasteiger charge is -2.33. The average Bonchev–Trinajstić information content (AvgIpc) is 3.22. The molecule has 1 fully saturated rings. The molecule has 146 valence electrons. The second-order valence-corrected chi connectivity index (χ2v) is 10.3. The monoisotopic (exact) mass is 406 g/mol. The number of hydrogen-bond acceptors (Lipinski definition) is 4. The Bertz CT molecular complexity index is 853. The summed E-state index contributed by atoms with van der Waals surface area (Å²) in [5.41, 5.74) is 2.28. The molecular formula is C20H26N2O3S2. The fourth-order valence-electron chi connectivity index (χ4n) is 3.42. The van der Waals surface area contributed by atoms with Gasteiger partial charge in [0.25, 0.3) is 10.0 Å². The summed E-state index contributed by atoms with van der Waals surface area (Å²) < 4.78 is 27.1. The zero-order chi connectivity index (χ0) is 19.4. The maximum absolute atomic E-state index is 12.6. The Balaban J connectivity index is 1.51. The van der Waals surface area contributed by atoms with Crippen LogP contribution in [0.3, 0.4) is 0 Å². The first-order valence-corrected chi connectivity index (χ1v) is 11.6. The van der Waals surface area contributed by atoms with Crippen LogP contribution in [0.4, 0.5) is 0 Å². The first-order valence-electron chi connectivity index (χ1n) is 9.25. The van der Waals surface area contributed by atoms with Gasteiger partial charge < -0.3 is 5.32 Å². The van der Waals surface area contributed by atoms with Crippen molar-refractivity contribution in [2.45, 2.75) is 37.4 Å². The van der Waals surface area contributed by atoms with Crippen LogP contribution in [0.1, 0.15) is 30.9 Å². The van der Waals surface area contributed by atoms with Crippen LogP contribution >= 0.6 is 11.3 Å². The topological polar surface area (TPSA) is 66.5 Å². The third-order valence-electron chi connectivity index (χ3n) is 5.30. The molecular weight excluding hydrogens is 380 g/mol. The molecule has 7 heteroatoms. The zero-order valence-corrected chi connectivity index (χ0v) is 17.4. The number of rotatable bonds is 6. The molecule has 1 amide bonds. The van der Waals surface area contributed by atoms with Gasteiger partial charge in [0.05, 0.1) is 0 Å². The molecule has 2 aromatic rings. The molecule has 5 nitrogen and oxygen atoms in total. The van der Waals surface area contributed by atoms with E-state index in [9.17, 15) is 13.2 Å². The van der Waals surface area contributed by atoms with Gasteiger partial charge in [-0.3, -0.25) is 4.79 Å². The molecule has 0 unspecified atom stereocenters. The van der Waals surface area contributed by atoms with Crippen molar-refractivity contribution in [3.63, 3.8) is 0 Å². The molecule has 0 aliphatic carbocycles. The predicted octanol–water partition coefficient (Wildman–Crippen LogP) is 3.41. The summed E-state index contributed by atoms with van der Waals surface area (Å²) in [6.45, 7) is 5.45. The van der Waals surface area contributed by atoms with Crippen molar-refractivity contribution < 1.29 is 13.2 Å². The number of thiophene rings is 1. The highest BCUT2D eigenvalue weighted by Gasteiger charge is 2.33. The van der Waals surface area contributed by atoms with Gasteiger partial charge in [0.2, 0.25) is 5.91 Å². The van der Waals surface area contributed by atoms with E-state index in [1.165, 1.54) is 16.9 Å². The van der Waals surface area contributed by atoms with Gasteiger partial charge in [-0.1, -0.05) is 42.8 Å². The Morgan fingerprint density at radius 2 is 1.89 bits per heavy atom. The van der Waals surface area contributed by atoms with Crippen LogP contribution in [0.15, 0.2) is 46.0 Å². The number of piperidine rings is 1. The lowest BCUT2D eigenvalue weighted by atomic mass is 9.85. The van der Waals surface area contributed by atoms with E-state index in [0.29, 0.717) is 36.7 Å². The van der Waals surface area contributed by atoms with Crippen molar-refractivity contribution in [1.29, 1.82) is 0 Å². The second kappa shape index (κ2) is 8.54. The van der Waals surface area contributed by atoms with Crippen LogP contribution in [0.25, 0.3) is 0 Å². The van der Waals surface area contributed by atoms with E-state index in [4.69, 9.17) is 0 Å². The molecule has 0 saturated carbocycles. The minimum absolute atomic E-state index is 0.0372. The van der Waals surface area contributed by atoms with Crippen LogP contribution in [0.2, 0.25) is 0 Å². The summed E-state index contributed by atoms with van der Waals surface area (Å²) in [7, 11) is -3.39. The molecule has 1 aliphatic heterocycles. The van der Waals surface area contributed by atoms with Crippen LogP contribution in [0, 0.1) is 18.8 Å². The van der Waals surface area contributed by atoms with Gasteiger partial charge in [-0.2, -0.15) is 4.31 Å². The summed E-state index contributed by atoms with van der Waals surface area (Å²) in [5, 5.41) is 4.79. The number of aryl methyl sites for hydroxylation is 1. The fourth-order valence-corrected chi connectivity index (χ4v) is 6.04. The van der Waals surface area contributed by atoms with Crippen molar-refractivity contribution in [1.82, 2.24) is 9.62 Å². The summed E-state index contributed by atoms with van der Waals surface area (Å²) in [6, 6.07) is 11.5. The molecule has 2 heterocycles. The summed E-state index contributed by atoms with van der Waals surface area (Å²) in [6.07, 6.45) is 1.42. The lowest BCUT2D eigenvalue weighted by Crippen LogP contribution is -2.42. The van der Waals surface area contributed by atoms with Crippen LogP contribution < -0.4 is 5.32 Å². The Kier molecular flexibility index (Phi) is 6.34. The van der Waals surface area contributed by atoms with Crippen molar-refractivity contribution in [2.24, 2.45) is 11.8 Å². The van der Waals surface area contributed by atoms with Gasteiger partial charge >= 0.3 is 0 Å². The molecule has 1 saturated heterocycles. The van der Waals surface area contributed by atoms with Crippen molar-refractivity contribution in [2.75, 3.05) is 13.1 Å². The van der Waals surface area contributed by atoms with Crippen LogP contribution in [-0.4, -0.2) is 31.7 Å². The first kappa shape index (κ1) is 20.0. The third-order valence-corrected chi connectivity index (χ3v) is 8.57. The van der Waals surface area contributed by atoms with Gasteiger partial charge in [-0.15, -0.1) is 11.3 Å². The molecule has 1 aromatic carbocycles. The van der Waals surface area contributed by atoms with Gasteiger partial charge in [0.1, 0.15) is 4.21 Å². The highest BCUT2D eigenvalue weighted by molar-refractivity contribution is 7.91. The summed E-state index contributed by atoms with van der Waals surface area (Å²) >= 11 is 1.25. The molecule has 0 radical (unpaired) electrons. The number of sulfonamides is 1. The number of hydrogen-bond donors (Lipinski definition) is 1. The van der Waals surface area contributed by atoms with E-state index in [2.05, 4.69) is 5.32 Å². The van der Waals surface area contributed by atoms with Crippen molar-refractivity contribution in [3.05, 3.63) is 52.9 Å². The fraction of sp³-hybridized carbons (Fsp3) is 0.450. The largest absolute Gasteiger partial charge is 0.352 e. The average molecular weight is 407 g/mol. The molecule has 0 spiro atoms. The predicted molar refractivity (Wildman–Crippen MR) is 108 cm³/mol. The lowest BCUT2D eigenvalue weighted by molar-refractivity contribution is -0.126. The molecule has 1 aromatic heterocycles. The van der Waals surface area contributed by atoms with Crippen LogP contribution in [-0.2, 0) is 21.4 Å². The minimum Gasteiger partial charge on any atom is -0.352 e. The van der Waals surface area contributed by atoms with E-state index >= 15 is 0 Å². The number of amides is 1. The third kappa shape index (κ3) is 4.78. The normalized spacial score (nSPS) is 17.6. The Labute approximate surface area is 165 Å². The molecule has 3 rings (SSSR count). The molecule has 27 heavy (non-hydrogen) atoms. The SMILES string of the molecule is Cc1ccc(CNC(=O)[C@H](C)C2CCN(S(=O)(=O)c3cccs3)CC2)cc1. The van der Waals surface area contributed by atoms with Crippen LogP contribution in [0.5, 0.6) is 0 Å². The molecule has 1 atom stereocenters. The van der Waals surface area contributed by atoms with Gasteiger partial charge in [0, 0.05) is 25.6 Å². The van der Waals surface area contributed by atoms with Crippen molar-refractivity contribution in [3.8, 4) is 0 Å². The van der Waals surface area contributed by atoms with E-state index in [-0.39, 0.29) is 17.7 Å². The van der Waals surface area contributed by atoms with Gasteiger partial charge in [-0.05, 0) is 42.7 Å². The number of nitrogens with one attached hydrogen (secondary N) is 1. The Morgan fingerprint density at radius 1 is 1.22 bits per heavy atom. The van der Waals surface area contributed by atoms with Gasteiger partial charge in [-0.25, -0.2) is 8.42 Å². The maximum Gasteiger partial charge on any atom is 0.252 e. The number of nitrogens with zero attached hydrogens (tertiary/aromatic N) is 1. The highest BCUT2D eigenvalue weighted by atomic mass is 32.2. The molecule has 1 aliphatic rings. The highest BCUT2D eigenvalue weighted by Crippen LogP contribution is 2.29. The first-order chi connectivity index (χ1) is 12.9. The minimum atomic E-state index is -3.39. The number of carbonyl (C=O) groups excluding carboxylic acids is 1. The van der Waals surface area contributed by atoms with Crippen molar-refractivity contribution >= 4 is 27.3 Å². The zero-order valence-electron chi connectivity index (χ0n) is 15.7. The Hall–Kier alpha value is -1.70.